The van der Waals surface area contributed by atoms with Gasteiger partial charge in [0.15, 0.2) is 17.5 Å². The Labute approximate surface area is 161 Å². The molecule has 0 radical (unpaired) electrons. The average Bonchev–Trinajstić information content (AvgIpc) is 3.07. The molecule has 3 unspecified atom stereocenters. The van der Waals surface area contributed by atoms with Gasteiger partial charge >= 0.3 is 0 Å². The highest BCUT2D eigenvalue weighted by Gasteiger charge is 2.66. The molecule has 3 fully saturated rings. The monoisotopic (exact) mass is 373 g/mol. The van der Waals surface area contributed by atoms with E-state index in [1.54, 1.807) is 14.2 Å². The molecule has 0 amide bonds. The lowest BCUT2D eigenvalue weighted by molar-refractivity contribution is -0.171. The summed E-state index contributed by atoms with van der Waals surface area (Å²) in [4.78, 5) is 4.83. The lowest BCUT2D eigenvalue weighted by Gasteiger charge is -2.63. The fraction of sp³-hybridized carbons (Fsp3) is 0.667. The second-order valence-corrected chi connectivity index (χ2v) is 7.84. The molecule has 2 saturated carbocycles. The number of hydrogen-bond donors (Lipinski definition) is 2. The van der Waals surface area contributed by atoms with Crippen molar-refractivity contribution < 1.29 is 14.2 Å². The van der Waals surface area contributed by atoms with Crippen LogP contribution >= 0.6 is 0 Å². The molecule has 6 nitrogen and oxygen atoms in total. The Morgan fingerprint density at radius 1 is 1.26 bits per heavy atom. The predicted octanol–water partition coefficient (Wildman–Crippen LogP) is 2.72. The molecule has 6 heteroatoms. The largest absolute Gasteiger partial charge is 0.493 e. The van der Waals surface area contributed by atoms with E-state index in [4.69, 9.17) is 19.2 Å². The van der Waals surface area contributed by atoms with Gasteiger partial charge in [-0.1, -0.05) is 12.5 Å². The topological polar surface area (TPSA) is 64.1 Å². The number of methoxy groups -OCH3 is 2. The number of guanidine groups is 1. The van der Waals surface area contributed by atoms with Crippen molar-refractivity contribution >= 4 is 5.96 Å². The minimum atomic E-state index is 0.348. The zero-order valence-electron chi connectivity index (χ0n) is 16.6. The number of fused-ring (bicyclic) bond motifs is 2. The van der Waals surface area contributed by atoms with Crippen molar-refractivity contribution in [3.8, 4) is 11.5 Å². The van der Waals surface area contributed by atoms with Gasteiger partial charge in [-0.25, -0.2) is 4.99 Å². The van der Waals surface area contributed by atoms with Crippen LogP contribution in [0.5, 0.6) is 11.5 Å². The van der Waals surface area contributed by atoms with E-state index in [9.17, 15) is 0 Å². The van der Waals surface area contributed by atoms with Gasteiger partial charge in [0, 0.05) is 30.5 Å². The molecular formula is C21H31N3O3. The summed E-state index contributed by atoms with van der Waals surface area (Å²) in [6.45, 7) is 4.46. The standard InChI is InChI=1S/C21H31N3O3/c1-4-22-20(23-13-14-6-7-16(25-2)17(12-14)26-3)24-18-15-8-11-27-19(15)21(18)9-5-10-21/h6-7,12,15,18-19H,4-5,8-11,13H2,1-3H3,(H2,22,23,24). The number of nitrogens with one attached hydrogen (secondary N) is 2. The number of aliphatic imine (C=N–C) groups is 1. The minimum absolute atomic E-state index is 0.348. The molecule has 4 rings (SSSR count). The number of benzene rings is 1. The van der Waals surface area contributed by atoms with Crippen molar-refractivity contribution in [3.63, 3.8) is 0 Å². The molecular weight excluding hydrogens is 342 g/mol. The van der Waals surface area contributed by atoms with Gasteiger partial charge < -0.3 is 24.8 Å². The van der Waals surface area contributed by atoms with Gasteiger partial charge in [-0.3, -0.25) is 0 Å². The van der Waals surface area contributed by atoms with Crippen LogP contribution in [0.1, 0.15) is 38.2 Å². The summed E-state index contributed by atoms with van der Waals surface area (Å²) in [6, 6.07) is 6.44. The van der Waals surface area contributed by atoms with Crippen molar-refractivity contribution in [1.82, 2.24) is 10.6 Å². The normalized spacial score (nSPS) is 28.1. The molecule has 2 N–H and O–H groups in total. The summed E-state index contributed by atoms with van der Waals surface area (Å²) in [7, 11) is 3.31. The summed E-state index contributed by atoms with van der Waals surface area (Å²) in [5.41, 5.74) is 1.44. The van der Waals surface area contributed by atoms with E-state index in [-0.39, 0.29) is 0 Å². The number of hydrogen-bond acceptors (Lipinski definition) is 4. The Bertz CT molecular complexity index is 702. The van der Waals surface area contributed by atoms with Crippen molar-refractivity contribution in [1.29, 1.82) is 0 Å². The van der Waals surface area contributed by atoms with Crippen LogP contribution in [0, 0.1) is 11.3 Å². The lowest BCUT2D eigenvalue weighted by Crippen LogP contribution is -2.72. The van der Waals surface area contributed by atoms with Crippen molar-refractivity contribution in [2.75, 3.05) is 27.4 Å². The molecule has 27 heavy (non-hydrogen) atoms. The van der Waals surface area contributed by atoms with Crippen LogP contribution in [0.4, 0.5) is 0 Å². The highest BCUT2D eigenvalue weighted by atomic mass is 16.5. The molecule has 148 valence electrons. The zero-order chi connectivity index (χ0) is 18.9. The molecule has 3 atom stereocenters. The summed E-state index contributed by atoms with van der Waals surface area (Å²) >= 11 is 0. The summed E-state index contributed by atoms with van der Waals surface area (Å²) < 4.78 is 16.7. The first-order valence-corrected chi connectivity index (χ1v) is 10.1. The van der Waals surface area contributed by atoms with E-state index in [0.717, 1.165) is 36.2 Å². The highest BCUT2D eigenvalue weighted by molar-refractivity contribution is 5.80. The van der Waals surface area contributed by atoms with Crippen molar-refractivity contribution in [2.45, 2.75) is 51.3 Å². The zero-order valence-corrected chi connectivity index (χ0v) is 16.6. The van der Waals surface area contributed by atoms with Crippen molar-refractivity contribution in [2.24, 2.45) is 16.3 Å². The van der Waals surface area contributed by atoms with Gasteiger partial charge in [0.1, 0.15) is 0 Å². The molecule has 0 bridgehead atoms. The Morgan fingerprint density at radius 3 is 2.74 bits per heavy atom. The fourth-order valence-corrected chi connectivity index (χ4v) is 5.07. The van der Waals surface area contributed by atoms with Gasteiger partial charge in [0.05, 0.1) is 26.9 Å². The first-order valence-electron chi connectivity index (χ1n) is 10.1. The van der Waals surface area contributed by atoms with Crippen LogP contribution in [-0.2, 0) is 11.3 Å². The maximum absolute atomic E-state index is 6.03. The second kappa shape index (κ2) is 7.58. The SMILES string of the molecule is CCNC(=NCc1ccc(OC)c(OC)c1)NC1C2CCOC2C12CCC2. The minimum Gasteiger partial charge on any atom is -0.493 e. The molecule has 1 spiro atoms. The van der Waals surface area contributed by atoms with Gasteiger partial charge in [-0.05, 0) is 43.9 Å². The third kappa shape index (κ3) is 3.14. The van der Waals surface area contributed by atoms with Crippen LogP contribution in [0.3, 0.4) is 0 Å². The van der Waals surface area contributed by atoms with E-state index < -0.39 is 0 Å². The van der Waals surface area contributed by atoms with Crippen LogP contribution < -0.4 is 20.1 Å². The van der Waals surface area contributed by atoms with Gasteiger partial charge in [0.2, 0.25) is 0 Å². The molecule has 0 aromatic heterocycles. The molecule has 2 aliphatic carbocycles. The van der Waals surface area contributed by atoms with Crippen molar-refractivity contribution in [3.05, 3.63) is 23.8 Å². The van der Waals surface area contributed by atoms with E-state index in [1.165, 1.54) is 25.7 Å². The summed E-state index contributed by atoms with van der Waals surface area (Å²) in [5.74, 6) is 3.01. The van der Waals surface area contributed by atoms with E-state index in [1.807, 2.05) is 18.2 Å². The summed E-state index contributed by atoms with van der Waals surface area (Å²) in [5, 5.41) is 7.15. The Balaban J connectivity index is 1.46. The molecule has 1 saturated heterocycles. The Morgan fingerprint density at radius 2 is 2.07 bits per heavy atom. The second-order valence-electron chi connectivity index (χ2n) is 7.84. The third-order valence-electron chi connectivity index (χ3n) is 6.54. The number of rotatable bonds is 6. The van der Waals surface area contributed by atoms with Crippen LogP contribution in [-0.4, -0.2) is 45.5 Å². The van der Waals surface area contributed by atoms with E-state index in [0.29, 0.717) is 30.0 Å². The molecule has 3 aliphatic rings. The fourth-order valence-electron chi connectivity index (χ4n) is 5.07. The quantitative estimate of drug-likeness (QED) is 0.593. The van der Waals surface area contributed by atoms with Gasteiger partial charge in [0.25, 0.3) is 0 Å². The lowest BCUT2D eigenvalue weighted by atomic mass is 9.46. The Hall–Kier alpha value is -1.95. The first kappa shape index (κ1) is 18.4. The number of nitrogens with zero attached hydrogens (tertiary/aromatic N) is 1. The van der Waals surface area contributed by atoms with E-state index >= 15 is 0 Å². The number of ether oxygens (including phenoxy) is 3. The smallest absolute Gasteiger partial charge is 0.191 e. The van der Waals surface area contributed by atoms with Crippen LogP contribution in [0.2, 0.25) is 0 Å². The van der Waals surface area contributed by atoms with Crippen LogP contribution in [0.25, 0.3) is 0 Å². The highest BCUT2D eigenvalue weighted by Crippen LogP contribution is 2.62. The molecule has 1 aliphatic heterocycles. The maximum atomic E-state index is 6.03. The molecule has 1 heterocycles. The maximum Gasteiger partial charge on any atom is 0.191 e. The van der Waals surface area contributed by atoms with Gasteiger partial charge in [-0.2, -0.15) is 0 Å². The Kier molecular flexibility index (Phi) is 5.17. The molecule has 1 aromatic rings. The predicted molar refractivity (Wildman–Crippen MR) is 105 cm³/mol. The first-order chi connectivity index (χ1) is 13.2. The van der Waals surface area contributed by atoms with Gasteiger partial charge in [-0.15, -0.1) is 0 Å². The molecule has 1 aromatic carbocycles. The van der Waals surface area contributed by atoms with Crippen LogP contribution in [0.15, 0.2) is 23.2 Å². The third-order valence-corrected chi connectivity index (χ3v) is 6.54. The van der Waals surface area contributed by atoms with E-state index in [2.05, 4.69) is 17.6 Å². The summed E-state index contributed by atoms with van der Waals surface area (Å²) in [6.07, 6.45) is 5.52. The average molecular weight is 373 g/mol.